The third-order valence-corrected chi connectivity index (χ3v) is 3.77. The standard InChI is InChI=1S/C17H29NO.ClH/c1-4-6-13-18(14-7-5-2)15(3)17(19)16-11-9-8-10-12-16;/h8-12,15,17,19H,4-7,13-14H2,1-3H3;1H/t15-,17-;/m0./s1. The van der Waals surface area contributed by atoms with Crippen molar-refractivity contribution in [1.29, 1.82) is 0 Å². The van der Waals surface area contributed by atoms with Gasteiger partial charge in [0.1, 0.15) is 0 Å². The molecule has 116 valence electrons. The van der Waals surface area contributed by atoms with E-state index in [0.717, 1.165) is 18.7 Å². The third kappa shape index (κ3) is 6.25. The second-order valence-electron chi connectivity index (χ2n) is 5.34. The van der Waals surface area contributed by atoms with Crippen molar-refractivity contribution in [2.45, 2.75) is 58.6 Å². The van der Waals surface area contributed by atoms with Crippen LogP contribution in [0.25, 0.3) is 0 Å². The highest BCUT2D eigenvalue weighted by Gasteiger charge is 2.22. The average molecular weight is 300 g/mol. The van der Waals surface area contributed by atoms with E-state index < -0.39 is 6.10 Å². The molecule has 2 atom stereocenters. The summed E-state index contributed by atoms with van der Waals surface area (Å²) in [6.45, 7) is 8.75. The quantitative estimate of drug-likeness (QED) is 0.729. The van der Waals surface area contributed by atoms with Gasteiger partial charge < -0.3 is 5.11 Å². The van der Waals surface area contributed by atoms with Crippen molar-refractivity contribution in [2.24, 2.45) is 0 Å². The maximum Gasteiger partial charge on any atom is 0.0942 e. The number of aliphatic hydroxyl groups is 1. The maximum absolute atomic E-state index is 10.5. The summed E-state index contributed by atoms with van der Waals surface area (Å²) in [6.07, 6.45) is 4.42. The van der Waals surface area contributed by atoms with Crippen LogP contribution in [-0.2, 0) is 0 Å². The first-order chi connectivity index (χ1) is 9.20. The molecule has 1 aromatic rings. The molecular formula is C17H30ClNO. The van der Waals surface area contributed by atoms with E-state index in [1.165, 1.54) is 25.7 Å². The largest absolute Gasteiger partial charge is 0.387 e. The van der Waals surface area contributed by atoms with E-state index in [1.807, 2.05) is 30.3 Å². The van der Waals surface area contributed by atoms with Gasteiger partial charge >= 0.3 is 0 Å². The Morgan fingerprint density at radius 1 is 1.00 bits per heavy atom. The third-order valence-electron chi connectivity index (χ3n) is 3.77. The van der Waals surface area contributed by atoms with Crippen molar-refractivity contribution < 1.29 is 5.11 Å². The van der Waals surface area contributed by atoms with E-state index >= 15 is 0 Å². The molecule has 0 aliphatic carbocycles. The van der Waals surface area contributed by atoms with Gasteiger partial charge in [0.15, 0.2) is 0 Å². The first kappa shape index (κ1) is 19.4. The number of hydrogen-bond acceptors (Lipinski definition) is 2. The number of aliphatic hydroxyl groups excluding tert-OH is 1. The van der Waals surface area contributed by atoms with Gasteiger partial charge in [-0.25, -0.2) is 0 Å². The minimum atomic E-state index is -0.394. The molecular weight excluding hydrogens is 270 g/mol. The van der Waals surface area contributed by atoms with Crippen LogP contribution in [0.5, 0.6) is 0 Å². The molecule has 0 aromatic heterocycles. The molecule has 1 rings (SSSR count). The van der Waals surface area contributed by atoms with Gasteiger partial charge in [-0.2, -0.15) is 0 Å². The average Bonchev–Trinajstić information content (AvgIpc) is 2.47. The first-order valence-electron chi connectivity index (χ1n) is 7.67. The predicted molar refractivity (Wildman–Crippen MR) is 89.5 cm³/mol. The molecule has 0 saturated heterocycles. The molecule has 3 heteroatoms. The Morgan fingerprint density at radius 3 is 1.95 bits per heavy atom. The summed E-state index contributed by atoms with van der Waals surface area (Å²) in [5.74, 6) is 0. The molecule has 0 unspecified atom stereocenters. The molecule has 2 nitrogen and oxygen atoms in total. The van der Waals surface area contributed by atoms with Crippen LogP contribution in [-0.4, -0.2) is 29.1 Å². The number of unbranched alkanes of at least 4 members (excludes halogenated alkanes) is 2. The summed E-state index contributed by atoms with van der Waals surface area (Å²) in [7, 11) is 0. The lowest BCUT2D eigenvalue weighted by Gasteiger charge is -2.32. The van der Waals surface area contributed by atoms with Crippen molar-refractivity contribution in [2.75, 3.05) is 13.1 Å². The van der Waals surface area contributed by atoms with E-state index in [2.05, 4.69) is 25.7 Å². The van der Waals surface area contributed by atoms with E-state index in [0.29, 0.717) is 0 Å². The zero-order chi connectivity index (χ0) is 14.1. The fourth-order valence-electron chi connectivity index (χ4n) is 2.37. The van der Waals surface area contributed by atoms with Crippen molar-refractivity contribution in [3.05, 3.63) is 35.9 Å². The van der Waals surface area contributed by atoms with E-state index in [4.69, 9.17) is 0 Å². The second-order valence-corrected chi connectivity index (χ2v) is 5.34. The fourth-order valence-corrected chi connectivity index (χ4v) is 2.37. The van der Waals surface area contributed by atoms with Crippen LogP contribution >= 0.6 is 12.4 Å². The minimum absolute atomic E-state index is 0. The van der Waals surface area contributed by atoms with Crippen LogP contribution in [0, 0.1) is 0 Å². The van der Waals surface area contributed by atoms with Gasteiger partial charge in [-0.3, -0.25) is 4.90 Å². The van der Waals surface area contributed by atoms with Gasteiger partial charge in [-0.1, -0.05) is 57.0 Å². The van der Waals surface area contributed by atoms with Crippen LogP contribution < -0.4 is 0 Å². The van der Waals surface area contributed by atoms with Crippen LogP contribution in [0.1, 0.15) is 58.1 Å². The van der Waals surface area contributed by atoms with Gasteiger partial charge in [0.25, 0.3) is 0 Å². The highest BCUT2D eigenvalue weighted by Crippen LogP contribution is 2.21. The maximum atomic E-state index is 10.5. The molecule has 0 amide bonds. The number of rotatable bonds is 9. The predicted octanol–water partition coefficient (Wildman–Crippen LogP) is 4.43. The number of benzene rings is 1. The van der Waals surface area contributed by atoms with Gasteiger partial charge in [0, 0.05) is 6.04 Å². The lowest BCUT2D eigenvalue weighted by Crippen LogP contribution is -2.39. The molecule has 0 aliphatic heterocycles. The van der Waals surface area contributed by atoms with Crippen LogP contribution in [0.3, 0.4) is 0 Å². The topological polar surface area (TPSA) is 23.5 Å². The van der Waals surface area contributed by atoms with E-state index in [9.17, 15) is 5.11 Å². The molecule has 0 bridgehead atoms. The Morgan fingerprint density at radius 2 is 1.50 bits per heavy atom. The molecule has 0 spiro atoms. The summed E-state index contributed by atoms with van der Waals surface area (Å²) >= 11 is 0. The zero-order valence-electron chi connectivity index (χ0n) is 13.1. The molecule has 1 aromatic carbocycles. The number of halogens is 1. The molecule has 0 radical (unpaired) electrons. The SMILES string of the molecule is CCCCN(CCCC)[C@@H](C)[C@H](O)c1ccccc1.Cl. The lowest BCUT2D eigenvalue weighted by atomic mass is 10.0. The van der Waals surface area contributed by atoms with Crippen molar-refractivity contribution >= 4 is 12.4 Å². The lowest BCUT2D eigenvalue weighted by molar-refractivity contribution is 0.0560. The number of nitrogens with zero attached hydrogens (tertiary/aromatic N) is 1. The monoisotopic (exact) mass is 299 g/mol. The fraction of sp³-hybridized carbons (Fsp3) is 0.647. The van der Waals surface area contributed by atoms with Crippen molar-refractivity contribution in [3.8, 4) is 0 Å². The van der Waals surface area contributed by atoms with Gasteiger partial charge in [0.05, 0.1) is 6.10 Å². The van der Waals surface area contributed by atoms with Gasteiger partial charge in [-0.15, -0.1) is 12.4 Å². The normalized spacial score (nSPS) is 13.8. The van der Waals surface area contributed by atoms with Crippen LogP contribution in [0.2, 0.25) is 0 Å². The van der Waals surface area contributed by atoms with Crippen molar-refractivity contribution in [1.82, 2.24) is 4.90 Å². The van der Waals surface area contributed by atoms with E-state index in [1.54, 1.807) is 0 Å². The molecule has 0 aliphatic rings. The Balaban J connectivity index is 0.00000361. The molecule has 0 fully saturated rings. The summed E-state index contributed by atoms with van der Waals surface area (Å²) < 4.78 is 0. The Kier molecular flexibility index (Phi) is 10.8. The molecule has 0 saturated carbocycles. The Hall–Kier alpha value is -0.570. The smallest absolute Gasteiger partial charge is 0.0942 e. The highest BCUT2D eigenvalue weighted by atomic mass is 35.5. The molecule has 20 heavy (non-hydrogen) atoms. The zero-order valence-corrected chi connectivity index (χ0v) is 13.9. The van der Waals surface area contributed by atoms with Crippen LogP contribution in [0.15, 0.2) is 30.3 Å². The highest BCUT2D eigenvalue weighted by molar-refractivity contribution is 5.85. The van der Waals surface area contributed by atoms with Gasteiger partial charge in [-0.05, 0) is 38.4 Å². The minimum Gasteiger partial charge on any atom is -0.387 e. The first-order valence-corrected chi connectivity index (χ1v) is 7.67. The summed E-state index contributed by atoms with van der Waals surface area (Å²) in [5.41, 5.74) is 1.02. The Bertz CT molecular complexity index is 323. The summed E-state index contributed by atoms with van der Waals surface area (Å²) in [4.78, 5) is 2.44. The molecule has 1 N–H and O–H groups in total. The Labute approximate surface area is 130 Å². The number of hydrogen-bond donors (Lipinski definition) is 1. The van der Waals surface area contributed by atoms with Crippen molar-refractivity contribution in [3.63, 3.8) is 0 Å². The molecule has 0 heterocycles. The summed E-state index contributed by atoms with van der Waals surface area (Å²) in [6, 6.07) is 10.2. The summed E-state index contributed by atoms with van der Waals surface area (Å²) in [5, 5.41) is 10.5. The van der Waals surface area contributed by atoms with E-state index in [-0.39, 0.29) is 18.4 Å². The second kappa shape index (κ2) is 11.1. The van der Waals surface area contributed by atoms with Gasteiger partial charge in [0.2, 0.25) is 0 Å². The van der Waals surface area contributed by atoms with Crippen LogP contribution in [0.4, 0.5) is 0 Å².